The highest BCUT2D eigenvalue weighted by Gasteiger charge is 2.30. The van der Waals surface area contributed by atoms with Crippen LogP contribution >= 0.6 is 0 Å². The quantitative estimate of drug-likeness (QED) is 0.567. The molecule has 1 aliphatic heterocycles. The summed E-state index contributed by atoms with van der Waals surface area (Å²) in [6.07, 6.45) is 1.59. The van der Waals surface area contributed by atoms with E-state index in [-0.39, 0.29) is 17.7 Å². The van der Waals surface area contributed by atoms with Gasteiger partial charge in [0, 0.05) is 0 Å². The Balaban J connectivity index is 2.79. The van der Waals surface area contributed by atoms with Gasteiger partial charge in [-0.05, 0) is 12.8 Å². The van der Waals surface area contributed by atoms with Crippen LogP contribution in [0.15, 0.2) is 11.8 Å². The van der Waals surface area contributed by atoms with E-state index < -0.39 is 6.04 Å². The Bertz CT molecular complexity index is 269. The van der Waals surface area contributed by atoms with Gasteiger partial charge in [-0.2, -0.15) is 0 Å². The summed E-state index contributed by atoms with van der Waals surface area (Å²) in [7, 11) is 0. The highest BCUT2D eigenvalue weighted by atomic mass is 16.2. The highest BCUT2D eigenvalue weighted by molar-refractivity contribution is 6.04. The van der Waals surface area contributed by atoms with Crippen LogP contribution in [0.3, 0.4) is 0 Å². The lowest BCUT2D eigenvalue weighted by atomic mass is 10.0. The minimum absolute atomic E-state index is 0.113. The number of piperazine rings is 1. The molecule has 1 aliphatic rings. The molecule has 0 saturated carbocycles. The van der Waals surface area contributed by atoms with E-state index >= 15 is 0 Å². The molecule has 13 heavy (non-hydrogen) atoms. The Morgan fingerprint density at radius 3 is 2.46 bits per heavy atom. The van der Waals surface area contributed by atoms with Gasteiger partial charge in [-0.15, -0.1) is 0 Å². The molecule has 1 unspecified atom stereocenters. The van der Waals surface area contributed by atoms with Gasteiger partial charge in [0.1, 0.15) is 11.7 Å². The Morgan fingerprint density at radius 1 is 1.38 bits per heavy atom. The molecule has 1 atom stereocenters. The fourth-order valence-electron chi connectivity index (χ4n) is 1.22. The second-order valence-electron chi connectivity index (χ2n) is 3.39. The molecule has 1 fully saturated rings. The van der Waals surface area contributed by atoms with Crippen molar-refractivity contribution in [2.75, 3.05) is 0 Å². The SMILES string of the molecule is CC=C1NC(=O)C(C(C)C)NC1=O. The number of carbonyl (C=O) groups excluding carboxylic acids is 2. The fraction of sp³-hybridized carbons (Fsp3) is 0.556. The second kappa shape index (κ2) is 3.60. The van der Waals surface area contributed by atoms with Crippen molar-refractivity contribution in [3.05, 3.63) is 11.8 Å². The number of nitrogens with one attached hydrogen (secondary N) is 2. The van der Waals surface area contributed by atoms with Crippen molar-refractivity contribution in [2.45, 2.75) is 26.8 Å². The first-order valence-corrected chi connectivity index (χ1v) is 4.34. The number of hydrogen-bond donors (Lipinski definition) is 2. The molecule has 0 bridgehead atoms. The van der Waals surface area contributed by atoms with Gasteiger partial charge in [-0.1, -0.05) is 19.9 Å². The lowest BCUT2D eigenvalue weighted by molar-refractivity contribution is -0.132. The van der Waals surface area contributed by atoms with Crippen LogP contribution in [0.1, 0.15) is 20.8 Å². The van der Waals surface area contributed by atoms with Crippen molar-refractivity contribution in [3.8, 4) is 0 Å². The summed E-state index contributed by atoms with van der Waals surface area (Å²) in [5.41, 5.74) is 0.335. The Kier molecular flexibility index (Phi) is 2.70. The van der Waals surface area contributed by atoms with Crippen LogP contribution in [0.4, 0.5) is 0 Å². The molecule has 0 aromatic carbocycles. The average molecular weight is 182 g/mol. The molecule has 72 valence electrons. The van der Waals surface area contributed by atoms with E-state index in [2.05, 4.69) is 10.6 Å². The van der Waals surface area contributed by atoms with Gasteiger partial charge in [0.05, 0.1) is 0 Å². The van der Waals surface area contributed by atoms with Gasteiger partial charge in [-0.3, -0.25) is 9.59 Å². The number of amides is 2. The van der Waals surface area contributed by atoms with Crippen LogP contribution in [0.2, 0.25) is 0 Å². The van der Waals surface area contributed by atoms with Crippen LogP contribution in [0.25, 0.3) is 0 Å². The third-order valence-electron chi connectivity index (χ3n) is 2.03. The summed E-state index contributed by atoms with van der Waals surface area (Å²) < 4.78 is 0. The summed E-state index contributed by atoms with van der Waals surface area (Å²) in [4.78, 5) is 22.7. The Morgan fingerprint density at radius 2 is 2.00 bits per heavy atom. The molecule has 0 aliphatic carbocycles. The minimum Gasteiger partial charge on any atom is -0.339 e. The summed E-state index contributed by atoms with van der Waals surface area (Å²) in [6.45, 7) is 5.50. The zero-order valence-corrected chi connectivity index (χ0v) is 8.05. The monoisotopic (exact) mass is 182 g/mol. The first-order chi connectivity index (χ1) is 6.06. The van der Waals surface area contributed by atoms with E-state index in [0.717, 1.165) is 0 Å². The largest absolute Gasteiger partial charge is 0.339 e. The molecular weight excluding hydrogens is 168 g/mol. The smallest absolute Gasteiger partial charge is 0.268 e. The molecule has 0 aromatic rings. The van der Waals surface area contributed by atoms with E-state index in [4.69, 9.17) is 0 Å². The van der Waals surface area contributed by atoms with Gasteiger partial charge in [0.25, 0.3) is 5.91 Å². The van der Waals surface area contributed by atoms with Crippen LogP contribution in [0.5, 0.6) is 0 Å². The van der Waals surface area contributed by atoms with Gasteiger partial charge in [0.2, 0.25) is 5.91 Å². The minimum atomic E-state index is -0.406. The zero-order chi connectivity index (χ0) is 10.0. The van der Waals surface area contributed by atoms with Gasteiger partial charge in [-0.25, -0.2) is 0 Å². The Labute approximate surface area is 77.4 Å². The highest BCUT2D eigenvalue weighted by Crippen LogP contribution is 2.08. The van der Waals surface area contributed by atoms with E-state index in [0.29, 0.717) is 5.70 Å². The topological polar surface area (TPSA) is 58.2 Å². The number of hydrogen-bond acceptors (Lipinski definition) is 2. The molecule has 0 spiro atoms. The maximum absolute atomic E-state index is 11.4. The lowest BCUT2D eigenvalue weighted by Crippen LogP contribution is -2.56. The maximum Gasteiger partial charge on any atom is 0.268 e. The average Bonchev–Trinajstić information content (AvgIpc) is 2.07. The van der Waals surface area contributed by atoms with Crippen molar-refractivity contribution in [3.63, 3.8) is 0 Å². The first-order valence-electron chi connectivity index (χ1n) is 4.34. The van der Waals surface area contributed by atoms with Crippen molar-refractivity contribution >= 4 is 11.8 Å². The molecule has 2 amide bonds. The van der Waals surface area contributed by atoms with Gasteiger partial charge >= 0.3 is 0 Å². The van der Waals surface area contributed by atoms with Gasteiger partial charge in [0.15, 0.2) is 0 Å². The summed E-state index contributed by atoms with van der Waals surface area (Å²) in [5.74, 6) is -0.231. The molecule has 4 nitrogen and oxygen atoms in total. The summed E-state index contributed by atoms with van der Waals surface area (Å²) in [6, 6.07) is -0.406. The molecule has 0 aromatic heterocycles. The molecule has 1 saturated heterocycles. The van der Waals surface area contributed by atoms with Crippen molar-refractivity contribution in [1.29, 1.82) is 0 Å². The predicted octanol–water partition coefficient (Wildman–Crippen LogP) is 0.161. The van der Waals surface area contributed by atoms with Crippen LogP contribution < -0.4 is 10.6 Å². The lowest BCUT2D eigenvalue weighted by Gasteiger charge is -2.27. The zero-order valence-electron chi connectivity index (χ0n) is 8.05. The normalized spacial score (nSPS) is 26.2. The molecule has 0 radical (unpaired) electrons. The summed E-state index contributed by atoms with van der Waals surface area (Å²) in [5, 5.41) is 5.20. The van der Waals surface area contributed by atoms with Crippen LogP contribution in [-0.4, -0.2) is 17.9 Å². The molecule has 2 N–H and O–H groups in total. The van der Waals surface area contributed by atoms with E-state index in [1.807, 2.05) is 13.8 Å². The van der Waals surface area contributed by atoms with E-state index in [1.54, 1.807) is 13.0 Å². The van der Waals surface area contributed by atoms with Gasteiger partial charge < -0.3 is 10.6 Å². The number of rotatable bonds is 1. The second-order valence-corrected chi connectivity index (χ2v) is 3.39. The Hall–Kier alpha value is -1.32. The van der Waals surface area contributed by atoms with E-state index in [9.17, 15) is 9.59 Å². The molecular formula is C9H14N2O2. The third-order valence-corrected chi connectivity index (χ3v) is 2.03. The molecule has 1 rings (SSSR count). The summed E-state index contributed by atoms with van der Waals surface area (Å²) >= 11 is 0. The van der Waals surface area contributed by atoms with Crippen molar-refractivity contribution < 1.29 is 9.59 Å². The molecule has 4 heteroatoms. The maximum atomic E-state index is 11.4. The number of carbonyl (C=O) groups is 2. The molecule has 1 heterocycles. The predicted molar refractivity (Wildman–Crippen MR) is 48.7 cm³/mol. The first kappa shape index (κ1) is 9.77. The van der Waals surface area contributed by atoms with Crippen molar-refractivity contribution in [2.24, 2.45) is 5.92 Å². The van der Waals surface area contributed by atoms with Crippen molar-refractivity contribution in [1.82, 2.24) is 10.6 Å². The third kappa shape index (κ3) is 1.88. The number of allylic oxidation sites excluding steroid dienone is 1. The van der Waals surface area contributed by atoms with E-state index in [1.165, 1.54) is 0 Å². The van der Waals surface area contributed by atoms with Crippen LogP contribution in [-0.2, 0) is 9.59 Å². The van der Waals surface area contributed by atoms with Crippen LogP contribution in [0, 0.1) is 5.92 Å². The fourth-order valence-corrected chi connectivity index (χ4v) is 1.22. The standard InChI is InChI=1S/C9H14N2O2/c1-4-6-8(12)11-7(5(2)3)9(13)10-6/h4-5,7H,1-3H3,(H,10,13)(H,11,12).